The highest BCUT2D eigenvalue weighted by Crippen LogP contribution is 2.28. The number of ether oxygens (including phenoxy) is 1. The summed E-state index contributed by atoms with van der Waals surface area (Å²) < 4.78 is 28.5. The molecule has 0 spiro atoms. The number of likely N-dealkylation sites (tertiary alicyclic amines) is 1. The maximum Gasteiger partial charge on any atom is 0.387 e. The summed E-state index contributed by atoms with van der Waals surface area (Å²) in [5.74, 6) is -1.19. The Balaban J connectivity index is 1.97. The highest BCUT2D eigenvalue weighted by molar-refractivity contribution is 6.32. The van der Waals surface area contributed by atoms with Crippen LogP contribution in [0.1, 0.15) is 12.0 Å². The van der Waals surface area contributed by atoms with Crippen LogP contribution in [0.4, 0.5) is 8.78 Å². The Morgan fingerprint density at radius 1 is 1.55 bits per heavy atom. The van der Waals surface area contributed by atoms with Gasteiger partial charge in [-0.05, 0) is 30.7 Å². The molecule has 0 radical (unpaired) electrons. The van der Waals surface area contributed by atoms with Crippen LogP contribution in [0.3, 0.4) is 0 Å². The van der Waals surface area contributed by atoms with E-state index in [1.54, 1.807) is 12.1 Å². The lowest BCUT2D eigenvalue weighted by molar-refractivity contribution is -0.141. The van der Waals surface area contributed by atoms with Gasteiger partial charge in [-0.3, -0.25) is 9.69 Å². The summed E-state index contributed by atoms with van der Waals surface area (Å²) >= 11 is 5.87. The molecule has 1 unspecified atom stereocenters. The standard InChI is InChI=1S/C13H14ClF2NO3/c14-10-5-8(1-2-11(10)20-13(15)16)6-17-4-3-9(7-17)12(18)19/h1-2,5,9,13H,3-4,6-7H2,(H,18,19). The van der Waals surface area contributed by atoms with Crippen molar-refractivity contribution in [2.24, 2.45) is 5.92 Å². The van der Waals surface area contributed by atoms with E-state index in [1.807, 2.05) is 4.90 Å². The molecular formula is C13H14ClF2NO3. The van der Waals surface area contributed by atoms with Gasteiger partial charge in [0, 0.05) is 13.1 Å². The van der Waals surface area contributed by atoms with Gasteiger partial charge in [0.15, 0.2) is 0 Å². The molecule has 7 heteroatoms. The fourth-order valence-corrected chi connectivity index (χ4v) is 2.52. The number of carboxylic acid groups (broad SMARTS) is 1. The minimum atomic E-state index is -2.91. The Kier molecular flexibility index (Phi) is 4.77. The van der Waals surface area contributed by atoms with Gasteiger partial charge in [0.2, 0.25) is 0 Å². The van der Waals surface area contributed by atoms with Crippen LogP contribution in [-0.4, -0.2) is 35.7 Å². The summed E-state index contributed by atoms with van der Waals surface area (Å²) in [6.45, 7) is -1.18. The molecule has 20 heavy (non-hydrogen) atoms. The van der Waals surface area contributed by atoms with Crippen LogP contribution < -0.4 is 4.74 Å². The third-order valence-electron chi connectivity index (χ3n) is 3.24. The van der Waals surface area contributed by atoms with Crippen molar-refractivity contribution in [2.75, 3.05) is 13.1 Å². The first-order valence-electron chi connectivity index (χ1n) is 6.14. The number of halogens is 3. The highest BCUT2D eigenvalue weighted by Gasteiger charge is 2.27. The van der Waals surface area contributed by atoms with E-state index >= 15 is 0 Å². The second-order valence-corrected chi connectivity index (χ2v) is 5.11. The molecule has 0 amide bonds. The molecule has 0 bridgehead atoms. The fourth-order valence-electron chi connectivity index (χ4n) is 2.27. The summed E-state index contributed by atoms with van der Waals surface area (Å²) in [5, 5.41) is 9.05. The lowest BCUT2D eigenvalue weighted by atomic mass is 10.1. The number of carbonyl (C=O) groups is 1. The zero-order chi connectivity index (χ0) is 14.7. The van der Waals surface area contributed by atoms with E-state index in [0.717, 1.165) is 5.56 Å². The van der Waals surface area contributed by atoms with Gasteiger partial charge in [0.1, 0.15) is 5.75 Å². The van der Waals surface area contributed by atoms with E-state index in [2.05, 4.69) is 4.74 Å². The number of alkyl halides is 2. The normalized spacial score (nSPS) is 19.5. The van der Waals surface area contributed by atoms with Gasteiger partial charge in [-0.2, -0.15) is 8.78 Å². The van der Waals surface area contributed by atoms with Gasteiger partial charge in [-0.15, -0.1) is 0 Å². The molecule has 1 aliphatic heterocycles. The van der Waals surface area contributed by atoms with Crippen LogP contribution in [0, 0.1) is 5.92 Å². The first kappa shape index (κ1) is 15.0. The number of benzene rings is 1. The Hall–Kier alpha value is -1.40. The van der Waals surface area contributed by atoms with Crippen molar-refractivity contribution in [3.8, 4) is 5.75 Å². The highest BCUT2D eigenvalue weighted by atomic mass is 35.5. The van der Waals surface area contributed by atoms with Crippen LogP contribution in [0.5, 0.6) is 5.75 Å². The Bertz CT molecular complexity index is 499. The van der Waals surface area contributed by atoms with Gasteiger partial charge in [0.25, 0.3) is 0 Å². The minimum Gasteiger partial charge on any atom is -0.481 e. The molecule has 1 saturated heterocycles. The first-order valence-corrected chi connectivity index (χ1v) is 6.52. The largest absolute Gasteiger partial charge is 0.481 e. The van der Waals surface area contributed by atoms with E-state index < -0.39 is 12.6 Å². The van der Waals surface area contributed by atoms with Gasteiger partial charge in [-0.1, -0.05) is 17.7 Å². The molecule has 1 aromatic rings. The molecule has 1 atom stereocenters. The number of hydrogen-bond donors (Lipinski definition) is 1. The van der Waals surface area contributed by atoms with Crippen molar-refractivity contribution in [2.45, 2.75) is 19.6 Å². The second-order valence-electron chi connectivity index (χ2n) is 4.70. The van der Waals surface area contributed by atoms with Crippen LogP contribution >= 0.6 is 11.6 Å². The molecule has 1 N–H and O–H groups in total. The van der Waals surface area contributed by atoms with Crippen LogP contribution in [-0.2, 0) is 11.3 Å². The average Bonchev–Trinajstić information content (AvgIpc) is 2.81. The van der Waals surface area contributed by atoms with E-state index in [1.165, 1.54) is 6.07 Å². The lowest BCUT2D eigenvalue weighted by Crippen LogP contribution is -2.22. The third-order valence-corrected chi connectivity index (χ3v) is 3.54. The summed E-state index contributed by atoms with van der Waals surface area (Å²) in [6.07, 6.45) is 0.621. The SMILES string of the molecule is O=C(O)C1CCN(Cc2ccc(OC(F)F)c(Cl)c2)C1. The second kappa shape index (κ2) is 6.37. The Morgan fingerprint density at radius 2 is 2.30 bits per heavy atom. The van der Waals surface area contributed by atoms with Gasteiger partial charge in [0.05, 0.1) is 10.9 Å². The number of nitrogens with zero attached hydrogens (tertiary/aromatic N) is 1. The molecule has 0 aromatic heterocycles. The van der Waals surface area contributed by atoms with E-state index in [0.29, 0.717) is 26.1 Å². The number of hydrogen-bond acceptors (Lipinski definition) is 3. The van der Waals surface area contributed by atoms with Gasteiger partial charge in [-0.25, -0.2) is 0 Å². The maximum atomic E-state index is 12.1. The zero-order valence-electron chi connectivity index (χ0n) is 10.6. The molecule has 1 fully saturated rings. The summed E-state index contributed by atoms with van der Waals surface area (Å²) in [6, 6.07) is 4.61. The topological polar surface area (TPSA) is 49.8 Å². The molecule has 0 aliphatic carbocycles. The predicted molar refractivity (Wildman–Crippen MR) is 69.1 cm³/mol. The summed E-state index contributed by atoms with van der Waals surface area (Å²) in [5.41, 5.74) is 0.836. The monoisotopic (exact) mass is 305 g/mol. The predicted octanol–water partition coefficient (Wildman–Crippen LogP) is 2.85. The molecular weight excluding hydrogens is 292 g/mol. The minimum absolute atomic E-state index is 0.0600. The van der Waals surface area contributed by atoms with Crippen molar-refractivity contribution < 1.29 is 23.4 Å². The van der Waals surface area contributed by atoms with Crippen LogP contribution in [0.25, 0.3) is 0 Å². The molecule has 0 saturated carbocycles. The smallest absolute Gasteiger partial charge is 0.387 e. The molecule has 4 nitrogen and oxygen atoms in total. The van der Waals surface area contributed by atoms with Crippen molar-refractivity contribution >= 4 is 17.6 Å². The van der Waals surface area contributed by atoms with E-state index in [-0.39, 0.29) is 16.7 Å². The molecule has 2 rings (SSSR count). The molecule has 1 aliphatic rings. The summed E-state index contributed by atoms with van der Waals surface area (Å²) in [4.78, 5) is 12.9. The van der Waals surface area contributed by atoms with Crippen molar-refractivity contribution in [1.29, 1.82) is 0 Å². The maximum absolute atomic E-state index is 12.1. The Labute approximate surface area is 119 Å². The number of carboxylic acids is 1. The zero-order valence-corrected chi connectivity index (χ0v) is 11.3. The quantitative estimate of drug-likeness (QED) is 0.909. The molecule has 1 aromatic carbocycles. The first-order chi connectivity index (χ1) is 9.45. The van der Waals surface area contributed by atoms with E-state index in [4.69, 9.17) is 16.7 Å². The van der Waals surface area contributed by atoms with Gasteiger partial charge < -0.3 is 9.84 Å². The fraction of sp³-hybridized carbons (Fsp3) is 0.462. The van der Waals surface area contributed by atoms with Gasteiger partial charge >= 0.3 is 12.6 Å². The van der Waals surface area contributed by atoms with Crippen LogP contribution in [0.2, 0.25) is 5.02 Å². The average molecular weight is 306 g/mol. The third kappa shape index (κ3) is 3.80. The molecule has 110 valence electrons. The van der Waals surface area contributed by atoms with Crippen molar-refractivity contribution in [3.05, 3.63) is 28.8 Å². The Morgan fingerprint density at radius 3 is 2.85 bits per heavy atom. The van der Waals surface area contributed by atoms with Crippen molar-refractivity contribution in [3.63, 3.8) is 0 Å². The molecule has 1 heterocycles. The lowest BCUT2D eigenvalue weighted by Gasteiger charge is -2.16. The summed E-state index contributed by atoms with van der Waals surface area (Å²) in [7, 11) is 0. The number of rotatable bonds is 5. The van der Waals surface area contributed by atoms with Crippen LogP contribution in [0.15, 0.2) is 18.2 Å². The van der Waals surface area contributed by atoms with E-state index in [9.17, 15) is 13.6 Å². The van der Waals surface area contributed by atoms with Crippen molar-refractivity contribution in [1.82, 2.24) is 4.90 Å². The number of aliphatic carboxylic acids is 1.